The van der Waals surface area contributed by atoms with Crippen LogP contribution >= 0.6 is 0 Å². The van der Waals surface area contributed by atoms with E-state index < -0.39 is 17.7 Å². The van der Waals surface area contributed by atoms with E-state index in [4.69, 9.17) is 4.42 Å². The summed E-state index contributed by atoms with van der Waals surface area (Å²) < 4.78 is 4.89. The summed E-state index contributed by atoms with van der Waals surface area (Å²) >= 11 is 0. The average Bonchev–Trinajstić information content (AvgIpc) is 3.05. The number of aromatic nitrogens is 1. The summed E-state index contributed by atoms with van der Waals surface area (Å²) in [5.41, 5.74) is 0.958. The van der Waals surface area contributed by atoms with Crippen LogP contribution in [0, 0.1) is 6.92 Å². The lowest BCUT2D eigenvalue weighted by atomic mass is 10.3. The molecule has 0 aliphatic heterocycles. The summed E-state index contributed by atoms with van der Waals surface area (Å²) in [4.78, 5) is 38.8. The fraction of sp³-hybridized carbons (Fsp3) is 0.200. The molecule has 0 saturated heterocycles. The number of pyridine rings is 1. The van der Waals surface area contributed by atoms with Crippen LogP contribution in [0.15, 0.2) is 41.1 Å². The normalized spacial score (nSPS) is 9.96. The zero-order chi connectivity index (χ0) is 16.7. The molecule has 0 aromatic carbocycles. The second-order valence-corrected chi connectivity index (χ2v) is 4.70. The molecule has 2 aromatic heterocycles. The Kier molecular flexibility index (Phi) is 5.45. The van der Waals surface area contributed by atoms with Gasteiger partial charge >= 0.3 is 0 Å². The Balaban J connectivity index is 1.69. The number of furan rings is 1. The number of nitrogens with one attached hydrogen (secondary N) is 3. The summed E-state index contributed by atoms with van der Waals surface area (Å²) in [5, 5.41) is 7.33. The Hall–Kier alpha value is -3.16. The minimum atomic E-state index is -0.501. The number of aryl methyl sites for hydroxylation is 1. The van der Waals surface area contributed by atoms with Crippen molar-refractivity contribution in [2.75, 3.05) is 18.4 Å². The number of rotatable bonds is 6. The molecule has 3 amide bonds. The van der Waals surface area contributed by atoms with Gasteiger partial charge in [-0.15, -0.1) is 0 Å². The van der Waals surface area contributed by atoms with Gasteiger partial charge in [-0.05, 0) is 36.8 Å². The van der Waals surface area contributed by atoms with E-state index in [9.17, 15) is 14.4 Å². The molecule has 2 heterocycles. The minimum absolute atomic E-state index is 0.112. The molecule has 23 heavy (non-hydrogen) atoms. The Morgan fingerprint density at radius 1 is 1.13 bits per heavy atom. The van der Waals surface area contributed by atoms with E-state index >= 15 is 0 Å². The molecule has 120 valence electrons. The van der Waals surface area contributed by atoms with Gasteiger partial charge in [-0.25, -0.2) is 4.98 Å². The van der Waals surface area contributed by atoms with Gasteiger partial charge in [0.1, 0.15) is 5.82 Å². The highest BCUT2D eigenvalue weighted by Crippen LogP contribution is 2.04. The van der Waals surface area contributed by atoms with E-state index in [0.29, 0.717) is 5.82 Å². The van der Waals surface area contributed by atoms with Crippen molar-refractivity contribution < 1.29 is 18.8 Å². The lowest BCUT2D eigenvalue weighted by Crippen LogP contribution is -2.40. The number of nitrogens with zero attached hydrogens (tertiary/aromatic N) is 1. The van der Waals surface area contributed by atoms with Gasteiger partial charge in [0.05, 0.1) is 19.4 Å². The Labute approximate surface area is 132 Å². The fourth-order valence-corrected chi connectivity index (χ4v) is 1.69. The second-order valence-electron chi connectivity index (χ2n) is 4.70. The quantitative estimate of drug-likeness (QED) is 0.717. The molecule has 0 fully saturated rings. The molecule has 0 atom stereocenters. The number of anilines is 1. The third kappa shape index (κ3) is 5.27. The Morgan fingerprint density at radius 2 is 1.91 bits per heavy atom. The maximum Gasteiger partial charge on any atom is 0.287 e. The minimum Gasteiger partial charge on any atom is -0.459 e. The molecule has 2 aromatic rings. The first kappa shape index (κ1) is 16.2. The van der Waals surface area contributed by atoms with E-state index in [2.05, 4.69) is 20.9 Å². The van der Waals surface area contributed by atoms with Crippen LogP contribution in [-0.2, 0) is 9.59 Å². The summed E-state index contributed by atoms with van der Waals surface area (Å²) in [5.74, 6) is -0.874. The standard InChI is InChI=1S/C15H16N4O4/c1-10-4-5-16-12(7-10)19-14(21)9-17-13(20)8-18-15(22)11-3-2-6-23-11/h2-7H,8-9H2,1H3,(H,17,20)(H,18,22)(H,16,19,21). The molecule has 0 aliphatic rings. The average molecular weight is 316 g/mol. The highest BCUT2D eigenvalue weighted by atomic mass is 16.3. The van der Waals surface area contributed by atoms with E-state index in [1.165, 1.54) is 12.3 Å². The van der Waals surface area contributed by atoms with E-state index in [-0.39, 0.29) is 18.8 Å². The van der Waals surface area contributed by atoms with Crippen LogP contribution in [0.1, 0.15) is 16.1 Å². The third-order valence-corrected chi connectivity index (χ3v) is 2.78. The zero-order valence-electron chi connectivity index (χ0n) is 12.5. The van der Waals surface area contributed by atoms with Crippen LogP contribution in [0.2, 0.25) is 0 Å². The summed E-state index contributed by atoms with van der Waals surface area (Å²) in [6.07, 6.45) is 2.94. The maximum atomic E-state index is 11.7. The number of amides is 3. The van der Waals surface area contributed by atoms with Crippen molar-refractivity contribution in [1.82, 2.24) is 15.6 Å². The van der Waals surface area contributed by atoms with Gasteiger partial charge in [-0.1, -0.05) is 0 Å². The van der Waals surface area contributed by atoms with Crippen LogP contribution in [0.3, 0.4) is 0 Å². The summed E-state index contributed by atoms with van der Waals surface area (Å²) in [6.45, 7) is 1.40. The molecule has 0 saturated carbocycles. The summed E-state index contributed by atoms with van der Waals surface area (Å²) in [6, 6.07) is 6.57. The van der Waals surface area contributed by atoms with Gasteiger partial charge in [0.25, 0.3) is 5.91 Å². The van der Waals surface area contributed by atoms with Gasteiger partial charge in [0.2, 0.25) is 11.8 Å². The summed E-state index contributed by atoms with van der Waals surface area (Å²) in [7, 11) is 0. The molecule has 0 aliphatic carbocycles. The van der Waals surface area contributed by atoms with Crippen molar-refractivity contribution in [3.8, 4) is 0 Å². The largest absolute Gasteiger partial charge is 0.459 e. The molecular weight excluding hydrogens is 300 g/mol. The lowest BCUT2D eigenvalue weighted by molar-refractivity contribution is -0.123. The van der Waals surface area contributed by atoms with Crippen molar-refractivity contribution in [3.63, 3.8) is 0 Å². The van der Waals surface area contributed by atoms with Gasteiger partial charge in [0.15, 0.2) is 5.76 Å². The van der Waals surface area contributed by atoms with Gasteiger partial charge in [0, 0.05) is 6.20 Å². The van der Waals surface area contributed by atoms with Gasteiger partial charge < -0.3 is 20.4 Å². The van der Waals surface area contributed by atoms with Crippen molar-refractivity contribution in [3.05, 3.63) is 48.0 Å². The first-order valence-corrected chi connectivity index (χ1v) is 6.85. The molecule has 0 unspecified atom stereocenters. The SMILES string of the molecule is Cc1ccnc(NC(=O)CNC(=O)CNC(=O)c2ccco2)c1. The van der Waals surface area contributed by atoms with E-state index in [1.807, 2.05) is 6.92 Å². The Bertz CT molecular complexity index is 697. The third-order valence-electron chi connectivity index (χ3n) is 2.78. The first-order valence-electron chi connectivity index (χ1n) is 6.85. The van der Waals surface area contributed by atoms with E-state index in [1.54, 1.807) is 24.4 Å². The second kappa shape index (κ2) is 7.74. The van der Waals surface area contributed by atoms with Crippen LogP contribution in [0.4, 0.5) is 5.82 Å². The topological polar surface area (TPSA) is 113 Å². The lowest BCUT2D eigenvalue weighted by Gasteiger charge is -2.07. The molecule has 0 radical (unpaired) electrons. The molecule has 0 bridgehead atoms. The van der Waals surface area contributed by atoms with Gasteiger partial charge in [-0.2, -0.15) is 0 Å². The number of carbonyl (C=O) groups excluding carboxylic acids is 3. The van der Waals surface area contributed by atoms with Crippen LogP contribution < -0.4 is 16.0 Å². The van der Waals surface area contributed by atoms with Crippen LogP contribution in [-0.4, -0.2) is 35.8 Å². The zero-order valence-corrected chi connectivity index (χ0v) is 12.5. The maximum absolute atomic E-state index is 11.7. The predicted octanol–water partition coefficient (Wildman–Crippen LogP) is 0.468. The number of carbonyl (C=O) groups is 3. The molecule has 8 nitrogen and oxygen atoms in total. The van der Waals surface area contributed by atoms with Crippen molar-refractivity contribution in [2.24, 2.45) is 0 Å². The van der Waals surface area contributed by atoms with Crippen LogP contribution in [0.5, 0.6) is 0 Å². The molecule has 0 spiro atoms. The molecule has 3 N–H and O–H groups in total. The smallest absolute Gasteiger partial charge is 0.287 e. The van der Waals surface area contributed by atoms with Gasteiger partial charge in [-0.3, -0.25) is 14.4 Å². The first-order chi connectivity index (χ1) is 11.0. The number of hydrogen-bond donors (Lipinski definition) is 3. The predicted molar refractivity (Wildman–Crippen MR) is 81.7 cm³/mol. The van der Waals surface area contributed by atoms with Crippen molar-refractivity contribution in [1.29, 1.82) is 0 Å². The highest BCUT2D eigenvalue weighted by Gasteiger charge is 2.11. The van der Waals surface area contributed by atoms with Crippen molar-refractivity contribution in [2.45, 2.75) is 6.92 Å². The highest BCUT2D eigenvalue weighted by molar-refractivity contribution is 5.96. The monoisotopic (exact) mass is 316 g/mol. The van der Waals surface area contributed by atoms with E-state index in [0.717, 1.165) is 5.56 Å². The molecular formula is C15H16N4O4. The van der Waals surface area contributed by atoms with Crippen molar-refractivity contribution >= 4 is 23.5 Å². The number of hydrogen-bond acceptors (Lipinski definition) is 5. The molecule has 2 rings (SSSR count). The fourth-order valence-electron chi connectivity index (χ4n) is 1.69. The van der Waals surface area contributed by atoms with Crippen LogP contribution in [0.25, 0.3) is 0 Å². The molecule has 8 heteroatoms. The Morgan fingerprint density at radius 3 is 2.61 bits per heavy atom.